The summed E-state index contributed by atoms with van der Waals surface area (Å²) in [4.78, 5) is 0. The SMILES string of the molecule is CNC1CCC2C3CC(O)(NC)C(NC)(C3)C12. The highest BCUT2D eigenvalue weighted by atomic mass is 16.3. The second-order valence-electron chi connectivity index (χ2n) is 6.16. The summed E-state index contributed by atoms with van der Waals surface area (Å²) in [6.07, 6.45) is 4.60. The maximum Gasteiger partial charge on any atom is 0.134 e. The summed E-state index contributed by atoms with van der Waals surface area (Å²) in [6.45, 7) is 0. The first-order valence-corrected chi connectivity index (χ1v) is 6.89. The van der Waals surface area contributed by atoms with Gasteiger partial charge in [0.15, 0.2) is 0 Å². The number of rotatable bonds is 3. The number of hydrogen-bond donors (Lipinski definition) is 4. The monoisotopic (exact) mass is 239 g/mol. The first-order chi connectivity index (χ1) is 8.12. The Morgan fingerprint density at radius 1 is 1.06 bits per heavy atom. The Hall–Kier alpha value is -0.160. The van der Waals surface area contributed by atoms with Crippen molar-refractivity contribution < 1.29 is 5.11 Å². The van der Waals surface area contributed by atoms with E-state index in [-0.39, 0.29) is 5.54 Å². The summed E-state index contributed by atoms with van der Waals surface area (Å²) >= 11 is 0. The number of hydrogen-bond acceptors (Lipinski definition) is 4. The molecule has 3 aliphatic rings. The molecular formula is C13H25N3O. The van der Waals surface area contributed by atoms with E-state index in [1.807, 2.05) is 14.1 Å². The second-order valence-corrected chi connectivity index (χ2v) is 6.16. The molecule has 3 aliphatic carbocycles. The number of nitrogens with one attached hydrogen (secondary N) is 3. The van der Waals surface area contributed by atoms with Gasteiger partial charge in [0, 0.05) is 6.04 Å². The summed E-state index contributed by atoms with van der Waals surface area (Å²) < 4.78 is 0. The van der Waals surface area contributed by atoms with Crippen LogP contribution in [0.25, 0.3) is 0 Å². The van der Waals surface area contributed by atoms with Crippen LogP contribution in [0.5, 0.6) is 0 Å². The topological polar surface area (TPSA) is 56.3 Å². The Balaban J connectivity index is 2.01. The molecule has 4 nitrogen and oxygen atoms in total. The molecule has 3 fully saturated rings. The fourth-order valence-corrected chi connectivity index (χ4v) is 5.32. The minimum atomic E-state index is -0.729. The minimum Gasteiger partial charge on any atom is -0.374 e. The lowest BCUT2D eigenvalue weighted by Gasteiger charge is -2.50. The Labute approximate surface area is 104 Å². The van der Waals surface area contributed by atoms with Gasteiger partial charge in [-0.2, -0.15) is 0 Å². The highest BCUT2D eigenvalue weighted by Gasteiger charge is 2.71. The summed E-state index contributed by atoms with van der Waals surface area (Å²) in [7, 11) is 5.96. The number of aliphatic hydroxyl groups is 1. The van der Waals surface area contributed by atoms with Gasteiger partial charge in [-0.25, -0.2) is 0 Å². The van der Waals surface area contributed by atoms with Gasteiger partial charge in [-0.05, 0) is 64.6 Å². The average Bonchev–Trinajstić information content (AvgIpc) is 2.96. The molecule has 17 heavy (non-hydrogen) atoms. The van der Waals surface area contributed by atoms with E-state index >= 15 is 0 Å². The van der Waals surface area contributed by atoms with Gasteiger partial charge in [0.05, 0.1) is 5.54 Å². The zero-order chi connectivity index (χ0) is 12.3. The van der Waals surface area contributed by atoms with E-state index in [9.17, 15) is 5.11 Å². The van der Waals surface area contributed by atoms with Crippen LogP contribution in [-0.4, -0.2) is 43.6 Å². The van der Waals surface area contributed by atoms with Gasteiger partial charge in [0.1, 0.15) is 5.72 Å². The third-order valence-corrected chi connectivity index (χ3v) is 5.99. The molecule has 3 rings (SSSR count). The van der Waals surface area contributed by atoms with E-state index in [0.29, 0.717) is 17.9 Å². The van der Waals surface area contributed by atoms with Crippen LogP contribution in [0, 0.1) is 17.8 Å². The Morgan fingerprint density at radius 2 is 1.82 bits per heavy atom. The molecule has 6 unspecified atom stereocenters. The van der Waals surface area contributed by atoms with Gasteiger partial charge in [0.25, 0.3) is 0 Å². The van der Waals surface area contributed by atoms with Crippen molar-refractivity contribution in [3.8, 4) is 0 Å². The van der Waals surface area contributed by atoms with Crippen LogP contribution in [-0.2, 0) is 0 Å². The first kappa shape index (κ1) is 11.9. The Bertz CT molecular complexity index is 324. The molecule has 0 aromatic rings. The standard InChI is InChI=1S/C13H25N3O/c1-14-10-5-4-9-8-6-12(15-2,11(9)10)13(17,7-8)16-3/h8-11,14-17H,4-7H2,1-3H3. The van der Waals surface area contributed by atoms with Gasteiger partial charge in [-0.15, -0.1) is 0 Å². The van der Waals surface area contributed by atoms with Gasteiger partial charge in [-0.1, -0.05) is 0 Å². The summed E-state index contributed by atoms with van der Waals surface area (Å²) in [5.74, 6) is 2.05. The maximum atomic E-state index is 10.9. The lowest BCUT2D eigenvalue weighted by Crippen LogP contribution is -2.71. The molecule has 3 saturated carbocycles. The Kier molecular flexibility index (Phi) is 2.57. The molecule has 0 aliphatic heterocycles. The fraction of sp³-hybridized carbons (Fsp3) is 1.00. The predicted molar refractivity (Wildman–Crippen MR) is 67.6 cm³/mol. The zero-order valence-corrected chi connectivity index (χ0v) is 11.1. The van der Waals surface area contributed by atoms with Crippen LogP contribution in [0.15, 0.2) is 0 Å². The van der Waals surface area contributed by atoms with E-state index in [2.05, 4.69) is 23.0 Å². The molecule has 0 heterocycles. The molecule has 0 saturated heterocycles. The normalized spacial score (nSPS) is 56.5. The van der Waals surface area contributed by atoms with Crippen molar-refractivity contribution in [2.45, 2.75) is 43.0 Å². The van der Waals surface area contributed by atoms with Crippen LogP contribution in [0.2, 0.25) is 0 Å². The molecule has 0 aromatic heterocycles. The molecule has 0 radical (unpaired) electrons. The molecule has 98 valence electrons. The van der Waals surface area contributed by atoms with E-state index < -0.39 is 5.72 Å². The number of likely N-dealkylation sites (N-methyl/N-ethyl adjacent to an activating group) is 2. The van der Waals surface area contributed by atoms with Crippen LogP contribution in [0.3, 0.4) is 0 Å². The first-order valence-electron chi connectivity index (χ1n) is 6.89. The lowest BCUT2D eigenvalue weighted by atomic mass is 9.70. The van der Waals surface area contributed by atoms with Gasteiger partial charge >= 0.3 is 0 Å². The molecule has 4 heteroatoms. The summed E-state index contributed by atoms with van der Waals surface area (Å²) in [5, 5.41) is 21.0. The highest BCUT2D eigenvalue weighted by molar-refractivity contribution is 5.25. The molecule has 0 aromatic carbocycles. The smallest absolute Gasteiger partial charge is 0.134 e. The van der Waals surface area contributed by atoms with E-state index in [1.54, 1.807) is 0 Å². The Morgan fingerprint density at radius 3 is 2.41 bits per heavy atom. The quantitative estimate of drug-likeness (QED) is 0.519. The molecule has 6 atom stereocenters. The van der Waals surface area contributed by atoms with Crippen LogP contribution in [0.1, 0.15) is 25.7 Å². The zero-order valence-electron chi connectivity index (χ0n) is 11.1. The van der Waals surface area contributed by atoms with Crippen molar-refractivity contribution in [2.75, 3.05) is 21.1 Å². The minimum absolute atomic E-state index is 0.138. The van der Waals surface area contributed by atoms with Crippen LogP contribution in [0.4, 0.5) is 0 Å². The van der Waals surface area contributed by atoms with E-state index in [4.69, 9.17) is 0 Å². The molecule has 4 N–H and O–H groups in total. The molecule has 0 spiro atoms. The van der Waals surface area contributed by atoms with Gasteiger partial charge in [-0.3, -0.25) is 5.32 Å². The third-order valence-electron chi connectivity index (χ3n) is 5.99. The van der Waals surface area contributed by atoms with Crippen molar-refractivity contribution in [2.24, 2.45) is 17.8 Å². The fourth-order valence-electron chi connectivity index (χ4n) is 5.32. The molecule has 0 amide bonds. The largest absolute Gasteiger partial charge is 0.374 e. The van der Waals surface area contributed by atoms with E-state index in [1.165, 1.54) is 12.8 Å². The van der Waals surface area contributed by atoms with Crippen molar-refractivity contribution in [3.05, 3.63) is 0 Å². The third kappa shape index (κ3) is 1.22. The van der Waals surface area contributed by atoms with Crippen molar-refractivity contribution in [1.82, 2.24) is 16.0 Å². The average molecular weight is 239 g/mol. The van der Waals surface area contributed by atoms with Gasteiger partial charge in [0.2, 0.25) is 0 Å². The predicted octanol–water partition coefficient (Wildman–Crippen LogP) is -0.110. The van der Waals surface area contributed by atoms with Crippen molar-refractivity contribution in [1.29, 1.82) is 0 Å². The lowest BCUT2D eigenvalue weighted by molar-refractivity contribution is -0.0994. The molecule has 2 bridgehead atoms. The summed E-state index contributed by atoms with van der Waals surface area (Å²) in [6, 6.07) is 0.553. The summed E-state index contributed by atoms with van der Waals surface area (Å²) in [5.41, 5.74) is -0.867. The van der Waals surface area contributed by atoms with Crippen LogP contribution < -0.4 is 16.0 Å². The molecular weight excluding hydrogens is 214 g/mol. The van der Waals surface area contributed by atoms with Crippen LogP contribution >= 0.6 is 0 Å². The van der Waals surface area contributed by atoms with Gasteiger partial charge < -0.3 is 15.7 Å². The second kappa shape index (κ2) is 3.67. The van der Waals surface area contributed by atoms with E-state index in [0.717, 1.165) is 18.8 Å². The highest BCUT2D eigenvalue weighted by Crippen LogP contribution is 2.63. The van der Waals surface area contributed by atoms with Crippen molar-refractivity contribution >= 4 is 0 Å². The maximum absolute atomic E-state index is 10.9. The number of fused-ring (bicyclic) bond motifs is 5. The van der Waals surface area contributed by atoms with Crippen molar-refractivity contribution in [3.63, 3.8) is 0 Å².